The van der Waals surface area contributed by atoms with Crippen LogP contribution in [0.25, 0.3) is 5.69 Å². The molecule has 0 bridgehead atoms. The minimum atomic E-state index is -4.53. The van der Waals surface area contributed by atoms with E-state index >= 15 is 0 Å². The number of benzene rings is 1. The lowest BCUT2D eigenvalue weighted by Gasteiger charge is -2.12. The van der Waals surface area contributed by atoms with Gasteiger partial charge in [0.15, 0.2) is 5.15 Å². The highest BCUT2D eigenvalue weighted by molar-refractivity contribution is 6.32. The van der Waals surface area contributed by atoms with Crippen LogP contribution in [0.2, 0.25) is 10.2 Å². The Bertz CT molecular complexity index is 682. The van der Waals surface area contributed by atoms with E-state index in [-0.39, 0.29) is 15.9 Å². The molecular weight excluding hydrogens is 304 g/mol. The molecule has 1 aromatic carbocycles. The maximum Gasteiger partial charge on any atom is 0.416 e. The van der Waals surface area contributed by atoms with Crippen LogP contribution in [-0.4, -0.2) is 9.55 Å². The molecule has 8 heteroatoms. The third kappa shape index (κ3) is 2.74. The van der Waals surface area contributed by atoms with E-state index in [4.69, 9.17) is 23.2 Å². The van der Waals surface area contributed by atoms with Crippen molar-refractivity contribution in [3.8, 4) is 5.69 Å². The summed E-state index contributed by atoms with van der Waals surface area (Å²) in [5, 5.41) is -0.353. The van der Waals surface area contributed by atoms with Gasteiger partial charge in [-0.15, -0.1) is 0 Å². The maximum absolute atomic E-state index is 12.6. The summed E-state index contributed by atoms with van der Waals surface area (Å²) in [5.41, 5.74) is -1.76. The fraction of sp³-hybridized carbons (Fsp3) is 0.0909. The molecule has 0 spiro atoms. The summed E-state index contributed by atoms with van der Waals surface area (Å²) in [5.74, 6) is 0. The van der Waals surface area contributed by atoms with E-state index in [2.05, 4.69) is 4.98 Å². The summed E-state index contributed by atoms with van der Waals surface area (Å²) in [6.07, 6.45) is -2.14. The van der Waals surface area contributed by atoms with Crippen LogP contribution in [0.4, 0.5) is 13.2 Å². The predicted octanol–water partition coefficient (Wildman–Crippen LogP) is 3.56. The van der Waals surface area contributed by atoms with Crippen LogP contribution in [0.1, 0.15) is 5.56 Å². The quantitative estimate of drug-likeness (QED) is 0.807. The molecule has 0 saturated carbocycles. The Kier molecular flexibility index (Phi) is 3.56. The van der Waals surface area contributed by atoms with Crippen LogP contribution >= 0.6 is 23.2 Å². The second-order valence-corrected chi connectivity index (χ2v) is 4.32. The summed E-state index contributed by atoms with van der Waals surface area (Å²) in [7, 11) is 0. The molecule has 0 fully saturated rings. The van der Waals surface area contributed by atoms with Crippen LogP contribution in [0.3, 0.4) is 0 Å². The molecule has 2 aromatic rings. The third-order valence-corrected chi connectivity index (χ3v) is 2.91. The minimum absolute atomic E-state index is 0.00244. The number of nitrogens with zero attached hydrogens (tertiary/aromatic N) is 2. The van der Waals surface area contributed by atoms with Gasteiger partial charge in [0, 0.05) is 12.4 Å². The molecule has 19 heavy (non-hydrogen) atoms. The monoisotopic (exact) mass is 308 g/mol. The van der Waals surface area contributed by atoms with Gasteiger partial charge in [0.05, 0.1) is 16.3 Å². The Morgan fingerprint density at radius 2 is 1.89 bits per heavy atom. The Morgan fingerprint density at radius 1 is 1.21 bits per heavy atom. The van der Waals surface area contributed by atoms with E-state index in [1.54, 1.807) is 0 Å². The molecule has 0 atom stereocenters. The maximum atomic E-state index is 12.6. The molecular formula is C11H5Cl2F3N2O. The average Bonchev–Trinajstić information content (AvgIpc) is 2.32. The van der Waals surface area contributed by atoms with E-state index in [0.29, 0.717) is 0 Å². The molecule has 0 N–H and O–H groups in total. The highest BCUT2D eigenvalue weighted by Gasteiger charge is 2.31. The van der Waals surface area contributed by atoms with Gasteiger partial charge >= 0.3 is 6.18 Å². The largest absolute Gasteiger partial charge is 0.416 e. The lowest BCUT2D eigenvalue weighted by molar-refractivity contribution is -0.137. The first-order valence-electron chi connectivity index (χ1n) is 4.91. The van der Waals surface area contributed by atoms with Crippen molar-refractivity contribution in [2.45, 2.75) is 6.18 Å². The standard InChI is InChI=1S/C11H5Cl2F3N2O/c12-7-2-1-6(11(14,15)16)5-8(7)18-4-3-17-9(13)10(18)19/h1-5H. The smallest absolute Gasteiger partial charge is 0.279 e. The molecule has 1 aromatic heterocycles. The number of hydrogen-bond donors (Lipinski definition) is 0. The summed E-state index contributed by atoms with van der Waals surface area (Å²) in [4.78, 5) is 15.2. The average molecular weight is 309 g/mol. The number of hydrogen-bond acceptors (Lipinski definition) is 2. The zero-order valence-corrected chi connectivity index (χ0v) is 10.6. The van der Waals surface area contributed by atoms with Crippen molar-refractivity contribution in [3.63, 3.8) is 0 Å². The second kappa shape index (κ2) is 4.86. The van der Waals surface area contributed by atoms with Gasteiger partial charge in [0.2, 0.25) is 0 Å². The van der Waals surface area contributed by atoms with Gasteiger partial charge in [-0.25, -0.2) is 4.98 Å². The summed E-state index contributed by atoms with van der Waals surface area (Å²) >= 11 is 11.4. The van der Waals surface area contributed by atoms with Crippen LogP contribution in [0.5, 0.6) is 0 Å². The van der Waals surface area contributed by atoms with Gasteiger partial charge in [0.25, 0.3) is 5.56 Å². The lowest BCUT2D eigenvalue weighted by Crippen LogP contribution is -2.20. The van der Waals surface area contributed by atoms with Crippen molar-refractivity contribution in [2.24, 2.45) is 0 Å². The molecule has 1 heterocycles. The molecule has 100 valence electrons. The van der Waals surface area contributed by atoms with Gasteiger partial charge in [-0.2, -0.15) is 13.2 Å². The van der Waals surface area contributed by atoms with Crippen molar-refractivity contribution in [1.82, 2.24) is 9.55 Å². The van der Waals surface area contributed by atoms with Crippen LogP contribution in [-0.2, 0) is 6.18 Å². The van der Waals surface area contributed by atoms with Crippen molar-refractivity contribution >= 4 is 23.2 Å². The molecule has 0 radical (unpaired) electrons. The first kappa shape index (κ1) is 13.9. The first-order valence-corrected chi connectivity index (χ1v) is 5.66. The normalized spacial score (nSPS) is 11.6. The number of halogens is 5. The molecule has 2 rings (SSSR count). The molecule has 0 saturated heterocycles. The molecule has 0 amide bonds. The molecule has 0 aliphatic rings. The summed E-state index contributed by atoms with van der Waals surface area (Å²) in [6, 6.07) is 2.68. The van der Waals surface area contributed by atoms with Crippen molar-refractivity contribution in [1.29, 1.82) is 0 Å². The zero-order chi connectivity index (χ0) is 14.2. The topological polar surface area (TPSA) is 34.9 Å². The van der Waals surface area contributed by atoms with E-state index in [1.165, 1.54) is 12.4 Å². The van der Waals surface area contributed by atoms with Crippen molar-refractivity contribution in [2.75, 3.05) is 0 Å². The lowest BCUT2D eigenvalue weighted by atomic mass is 10.2. The highest BCUT2D eigenvalue weighted by atomic mass is 35.5. The Hall–Kier alpha value is -1.53. The van der Waals surface area contributed by atoms with Gasteiger partial charge < -0.3 is 0 Å². The summed E-state index contributed by atoms with van der Waals surface area (Å²) < 4.78 is 38.8. The molecule has 0 aliphatic carbocycles. The van der Waals surface area contributed by atoms with E-state index in [0.717, 1.165) is 22.8 Å². The Labute approximate surface area is 115 Å². The van der Waals surface area contributed by atoms with Gasteiger partial charge in [-0.1, -0.05) is 23.2 Å². The fourth-order valence-electron chi connectivity index (χ4n) is 1.45. The SMILES string of the molecule is O=c1c(Cl)nccn1-c1cc(C(F)(F)F)ccc1Cl. The number of rotatable bonds is 1. The van der Waals surface area contributed by atoms with Gasteiger partial charge in [-0.3, -0.25) is 9.36 Å². The second-order valence-electron chi connectivity index (χ2n) is 3.56. The van der Waals surface area contributed by atoms with Crippen LogP contribution in [0, 0.1) is 0 Å². The van der Waals surface area contributed by atoms with E-state index in [1.807, 2.05) is 0 Å². The van der Waals surface area contributed by atoms with E-state index in [9.17, 15) is 18.0 Å². The molecule has 0 aliphatic heterocycles. The number of alkyl halides is 3. The highest BCUT2D eigenvalue weighted by Crippen LogP contribution is 2.32. The molecule has 3 nitrogen and oxygen atoms in total. The zero-order valence-electron chi connectivity index (χ0n) is 9.08. The van der Waals surface area contributed by atoms with Crippen molar-refractivity contribution in [3.05, 3.63) is 56.7 Å². The van der Waals surface area contributed by atoms with Gasteiger partial charge in [0.1, 0.15) is 0 Å². The first-order chi connectivity index (χ1) is 8.80. The van der Waals surface area contributed by atoms with Crippen LogP contribution < -0.4 is 5.56 Å². The van der Waals surface area contributed by atoms with Crippen LogP contribution in [0.15, 0.2) is 35.4 Å². The molecule has 0 unspecified atom stereocenters. The fourth-order valence-corrected chi connectivity index (χ4v) is 1.81. The third-order valence-electron chi connectivity index (χ3n) is 2.33. The summed E-state index contributed by atoms with van der Waals surface area (Å²) in [6.45, 7) is 0. The number of aromatic nitrogens is 2. The van der Waals surface area contributed by atoms with Crippen molar-refractivity contribution < 1.29 is 13.2 Å². The predicted molar refractivity (Wildman–Crippen MR) is 64.9 cm³/mol. The Balaban J connectivity index is 2.69. The van der Waals surface area contributed by atoms with E-state index < -0.39 is 17.3 Å². The Morgan fingerprint density at radius 3 is 2.53 bits per heavy atom. The van der Waals surface area contributed by atoms with Gasteiger partial charge in [-0.05, 0) is 18.2 Å². The minimum Gasteiger partial charge on any atom is -0.279 e.